The Bertz CT molecular complexity index is 232. The number of rotatable bonds is 1. The first-order valence-corrected chi connectivity index (χ1v) is 4.42. The van der Waals surface area contributed by atoms with E-state index in [4.69, 9.17) is 4.74 Å². The number of hydrogen-bond acceptors (Lipinski definition) is 2. The molecule has 2 rings (SSSR count). The summed E-state index contributed by atoms with van der Waals surface area (Å²) in [5, 5.41) is 0. The van der Waals surface area contributed by atoms with E-state index < -0.39 is 0 Å². The zero-order chi connectivity index (χ0) is 8.55. The largest absolute Gasteiger partial charge is 0.377 e. The van der Waals surface area contributed by atoms with Crippen LogP contribution in [0.2, 0.25) is 0 Å². The van der Waals surface area contributed by atoms with Crippen molar-refractivity contribution in [2.75, 3.05) is 20.7 Å². The maximum absolute atomic E-state index is 5.31. The summed E-state index contributed by atoms with van der Waals surface area (Å²) in [5.41, 5.74) is 1.46. The summed E-state index contributed by atoms with van der Waals surface area (Å²) in [6.45, 7) is 1.08. The van der Waals surface area contributed by atoms with Crippen molar-refractivity contribution in [1.29, 1.82) is 0 Å². The zero-order valence-corrected chi connectivity index (χ0v) is 7.66. The minimum Gasteiger partial charge on any atom is -0.377 e. The number of methoxy groups -OCH3 is 1. The summed E-state index contributed by atoms with van der Waals surface area (Å²) in [7, 11) is 3.94. The summed E-state index contributed by atoms with van der Waals surface area (Å²) in [6.07, 6.45) is 8.07. The number of hydrogen-bond donors (Lipinski definition) is 0. The molecule has 66 valence electrons. The van der Waals surface area contributed by atoms with Crippen molar-refractivity contribution in [3.05, 3.63) is 23.8 Å². The second-order valence-electron chi connectivity index (χ2n) is 3.53. The molecule has 0 amide bonds. The Balaban J connectivity index is 2.14. The van der Waals surface area contributed by atoms with Crippen LogP contribution in [-0.4, -0.2) is 37.7 Å². The average Bonchev–Trinajstić information content (AvgIpc) is 2.47. The molecule has 0 N–H and O–H groups in total. The summed E-state index contributed by atoms with van der Waals surface area (Å²) in [6, 6.07) is 0.597. The smallest absolute Gasteiger partial charge is 0.0773 e. The highest BCUT2D eigenvalue weighted by Gasteiger charge is 2.27. The molecular formula is C10H15NO. The number of likely N-dealkylation sites (N-methyl/N-ethyl adjacent to an activating group) is 1. The Labute approximate surface area is 73.5 Å². The molecule has 1 heterocycles. The van der Waals surface area contributed by atoms with Crippen molar-refractivity contribution in [3.8, 4) is 0 Å². The summed E-state index contributed by atoms with van der Waals surface area (Å²) in [4.78, 5) is 2.37. The van der Waals surface area contributed by atoms with Crippen LogP contribution >= 0.6 is 0 Å². The molecule has 0 radical (unpaired) electrons. The van der Waals surface area contributed by atoms with E-state index in [1.165, 1.54) is 5.57 Å². The van der Waals surface area contributed by atoms with Gasteiger partial charge in [-0.1, -0.05) is 18.2 Å². The van der Waals surface area contributed by atoms with Gasteiger partial charge in [0.15, 0.2) is 0 Å². The van der Waals surface area contributed by atoms with Crippen LogP contribution in [0.25, 0.3) is 0 Å². The van der Waals surface area contributed by atoms with E-state index in [2.05, 4.69) is 30.2 Å². The molecule has 0 fully saturated rings. The molecule has 0 saturated heterocycles. The average molecular weight is 165 g/mol. The molecule has 1 aliphatic carbocycles. The Morgan fingerprint density at radius 1 is 1.58 bits per heavy atom. The van der Waals surface area contributed by atoms with E-state index in [-0.39, 0.29) is 0 Å². The number of fused-ring (bicyclic) bond motifs is 1. The molecule has 0 aromatic carbocycles. The standard InChI is InChI=1S/C10H15NO/c1-11-6-5-8-3-4-9(12-2)7-10(8)11/h3-5,9-10H,6-7H2,1-2H3/t9-,10-/m0/s1. The van der Waals surface area contributed by atoms with E-state index in [1.54, 1.807) is 7.11 Å². The molecule has 0 aromatic heterocycles. The lowest BCUT2D eigenvalue weighted by molar-refractivity contribution is 0.109. The monoisotopic (exact) mass is 165 g/mol. The molecule has 2 aliphatic rings. The molecule has 2 heteroatoms. The molecule has 0 bridgehead atoms. The van der Waals surface area contributed by atoms with Crippen LogP contribution in [0.1, 0.15) is 6.42 Å². The highest BCUT2D eigenvalue weighted by molar-refractivity contribution is 5.33. The van der Waals surface area contributed by atoms with E-state index in [0.717, 1.165) is 13.0 Å². The van der Waals surface area contributed by atoms with Gasteiger partial charge in [-0.15, -0.1) is 0 Å². The minimum atomic E-state index is 0.313. The van der Waals surface area contributed by atoms with Crippen molar-refractivity contribution in [2.45, 2.75) is 18.6 Å². The van der Waals surface area contributed by atoms with Crippen LogP contribution in [0, 0.1) is 0 Å². The molecule has 0 aromatic rings. The van der Waals surface area contributed by atoms with E-state index >= 15 is 0 Å². The quantitative estimate of drug-likeness (QED) is 0.579. The van der Waals surface area contributed by atoms with E-state index in [9.17, 15) is 0 Å². The van der Waals surface area contributed by atoms with Crippen molar-refractivity contribution < 1.29 is 4.74 Å². The van der Waals surface area contributed by atoms with Gasteiger partial charge in [0, 0.05) is 19.7 Å². The Hall–Kier alpha value is -0.600. The van der Waals surface area contributed by atoms with Gasteiger partial charge in [-0.25, -0.2) is 0 Å². The van der Waals surface area contributed by atoms with Crippen molar-refractivity contribution in [1.82, 2.24) is 4.90 Å². The fourth-order valence-corrected chi connectivity index (χ4v) is 1.95. The third kappa shape index (κ3) is 1.21. The molecule has 2 nitrogen and oxygen atoms in total. The highest BCUT2D eigenvalue weighted by Crippen LogP contribution is 2.27. The van der Waals surface area contributed by atoms with Gasteiger partial charge >= 0.3 is 0 Å². The summed E-state index contributed by atoms with van der Waals surface area (Å²) in [5.74, 6) is 0. The first-order chi connectivity index (χ1) is 5.81. The second-order valence-corrected chi connectivity index (χ2v) is 3.53. The molecule has 0 saturated carbocycles. The first kappa shape index (κ1) is 8.02. The van der Waals surface area contributed by atoms with Gasteiger partial charge in [-0.2, -0.15) is 0 Å². The van der Waals surface area contributed by atoms with E-state index in [1.807, 2.05) is 0 Å². The van der Waals surface area contributed by atoms with Gasteiger partial charge < -0.3 is 4.74 Å². The van der Waals surface area contributed by atoms with Crippen LogP contribution in [0.15, 0.2) is 23.8 Å². The predicted molar refractivity (Wildman–Crippen MR) is 49.1 cm³/mol. The minimum absolute atomic E-state index is 0.313. The first-order valence-electron chi connectivity index (χ1n) is 4.42. The topological polar surface area (TPSA) is 12.5 Å². The number of nitrogens with zero attached hydrogens (tertiary/aromatic N) is 1. The molecule has 12 heavy (non-hydrogen) atoms. The SMILES string of the molecule is CO[C@H]1C=CC2=CCN(C)[C@H]2C1. The Kier molecular flexibility index (Phi) is 2.03. The Morgan fingerprint density at radius 3 is 3.17 bits per heavy atom. The van der Waals surface area contributed by atoms with Crippen LogP contribution in [0.5, 0.6) is 0 Å². The van der Waals surface area contributed by atoms with Crippen molar-refractivity contribution >= 4 is 0 Å². The molecule has 0 unspecified atom stereocenters. The van der Waals surface area contributed by atoms with Gasteiger partial charge in [-0.3, -0.25) is 4.90 Å². The maximum Gasteiger partial charge on any atom is 0.0773 e. The fourth-order valence-electron chi connectivity index (χ4n) is 1.95. The summed E-state index contributed by atoms with van der Waals surface area (Å²) >= 11 is 0. The van der Waals surface area contributed by atoms with Crippen LogP contribution in [0.3, 0.4) is 0 Å². The van der Waals surface area contributed by atoms with Gasteiger partial charge in [-0.05, 0) is 19.0 Å². The molecule has 0 spiro atoms. The van der Waals surface area contributed by atoms with Crippen LogP contribution in [0.4, 0.5) is 0 Å². The van der Waals surface area contributed by atoms with Crippen molar-refractivity contribution in [3.63, 3.8) is 0 Å². The lowest BCUT2D eigenvalue weighted by Crippen LogP contribution is -2.33. The Morgan fingerprint density at radius 2 is 2.42 bits per heavy atom. The van der Waals surface area contributed by atoms with Gasteiger partial charge in [0.05, 0.1) is 6.10 Å². The summed E-state index contributed by atoms with van der Waals surface area (Å²) < 4.78 is 5.31. The van der Waals surface area contributed by atoms with Gasteiger partial charge in [0.1, 0.15) is 0 Å². The van der Waals surface area contributed by atoms with Crippen LogP contribution < -0.4 is 0 Å². The van der Waals surface area contributed by atoms with Gasteiger partial charge in [0.25, 0.3) is 0 Å². The molecular weight excluding hydrogens is 150 g/mol. The van der Waals surface area contributed by atoms with Gasteiger partial charge in [0.2, 0.25) is 0 Å². The lowest BCUT2D eigenvalue weighted by atomic mass is 9.95. The molecule has 1 aliphatic heterocycles. The van der Waals surface area contributed by atoms with E-state index in [0.29, 0.717) is 12.1 Å². The normalized spacial score (nSPS) is 35.0. The lowest BCUT2D eigenvalue weighted by Gasteiger charge is -2.28. The fraction of sp³-hybridized carbons (Fsp3) is 0.600. The zero-order valence-electron chi connectivity index (χ0n) is 7.66. The molecule has 2 atom stereocenters. The number of ether oxygens (including phenoxy) is 1. The third-order valence-electron chi connectivity index (χ3n) is 2.79. The highest BCUT2D eigenvalue weighted by atomic mass is 16.5. The third-order valence-corrected chi connectivity index (χ3v) is 2.79. The maximum atomic E-state index is 5.31. The van der Waals surface area contributed by atoms with Crippen molar-refractivity contribution in [2.24, 2.45) is 0 Å². The van der Waals surface area contributed by atoms with Crippen LogP contribution in [-0.2, 0) is 4.74 Å². The second kappa shape index (κ2) is 3.04. The predicted octanol–water partition coefficient (Wildman–Crippen LogP) is 1.20.